The molecule has 3 aromatic rings. The Hall–Kier alpha value is -2.38. The first-order chi connectivity index (χ1) is 14.2. The average Bonchev–Trinajstić information content (AvgIpc) is 3.35. The molecule has 1 aliphatic rings. The maximum absolute atomic E-state index is 11.9. The van der Waals surface area contributed by atoms with Crippen LogP contribution >= 0.6 is 15.9 Å². The molecule has 1 fully saturated rings. The van der Waals surface area contributed by atoms with Gasteiger partial charge in [-0.05, 0) is 44.2 Å². The number of esters is 1. The fourth-order valence-electron chi connectivity index (χ4n) is 3.72. The number of benzene rings is 2. The fourth-order valence-corrected chi connectivity index (χ4v) is 4.09. The topological polar surface area (TPSA) is 65.4 Å². The van der Waals surface area contributed by atoms with Crippen molar-refractivity contribution in [3.8, 4) is 5.75 Å². The number of para-hydroxylation sites is 1. The first-order valence-corrected chi connectivity index (χ1v) is 10.7. The van der Waals surface area contributed by atoms with Crippen molar-refractivity contribution < 1.29 is 14.3 Å². The molecule has 1 atom stereocenters. The van der Waals surface area contributed by atoms with Crippen molar-refractivity contribution in [3.63, 3.8) is 0 Å². The molecular weight excluding hydrogens is 434 g/mol. The normalized spacial score (nSPS) is 16.3. The highest BCUT2D eigenvalue weighted by atomic mass is 79.9. The molecule has 4 rings (SSSR count). The van der Waals surface area contributed by atoms with Crippen LogP contribution in [0.15, 0.2) is 46.9 Å². The molecule has 0 saturated carbocycles. The second kappa shape index (κ2) is 8.97. The zero-order chi connectivity index (χ0) is 20.2. The van der Waals surface area contributed by atoms with Gasteiger partial charge in [0.1, 0.15) is 12.4 Å². The summed E-state index contributed by atoms with van der Waals surface area (Å²) in [5, 5.41) is 9.33. The molecule has 0 radical (unpaired) electrons. The lowest BCUT2D eigenvalue weighted by atomic mass is 10.1. The predicted octanol–water partition coefficient (Wildman–Crippen LogP) is 4.02. The highest BCUT2D eigenvalue weighted by Gasteiger charge is 2.23. The molecule has 0 amide bonds. The van der Waals surface area contributed by atoms with Crippen molar-refractivity contribution in [1.82, 2.24) is 15.1 Å². The molecular formula is C22H24BrN3O3. The monoisotopic (exact) mass is 457 g/mol. The van der Waals surface area contributed by atoms with E-state index in [0.717, 1.165) is 46.1 Å². The summed E-state index contributed by atoms with van der Waals surface area (Å²) in [5.41, 5.74) is 2.82. The minimum absolute atomic E-state index is 0.197. The number of halogens is 1. The number of fused-ring (bicyclic) bond motifs is 1. The van der Waals surface area contributed by atoms with E-state index >= 15 is 0 Å². The number of hydrogen-bond donors (Lipinski definition) is 1. The van der Waals surface area contributed by atoms with Crippen LogP contribution in [0.3, 0.4) is 0 Å². The Bertz CT molecular complexity index is 1010. The van der Waals surface area contributed by atoms with Gasteiger partial charge in [0.05, 0.1) is 30.3 Å². The highest BCUT2D eigenvalue weighted by Crippen LogP contribution is 2.29. The molecule has 1 aromatic heterocycles. The molecule has 1 N–H and O–H groups in total. The summed E-state index contributed by atoms with van der Waals surface area (Å²) in [4.78, 5) is 11.9. The molecule has 152 valence electrons. The third-order valence-electron chi connectivity index (χ3n) is 5.12. The Morgan fingerprint density at radius 1 is 1.31 bits per heavy atom. The SMILES string of the molecule is CCOC(=O)Cc1ccccc1OCc1c2cc(Br)ccc2nn1[C@H]1CCNC1. The van der Waals surface area contributed by atoms with E-state index in [-0.39, 0.29) is 12.4 Å². The fraction of sp³-hybridized carbons (Fsp3) is 0.364. The van der Waals surface area contributed by atoms with Gasteiger partial charge in [-0.25, -0.2) is 0 Å². The van der Waals surface area contributed by atoms with Crippen LogP contribution in [-0.4, -0.2) is 35.4 Å². The molecule has 2 aromatic carbocycles. The summed E-state index contributed by atoms with van der Waals surface area (Å²) in [6.07, 6.45) is 1.24. The highest BCUT2D eigenvalue weighted by molar-refractivity contribution is 9.10. The molecule has 0 spiro atoms. The van der Waals surface area contributed by atoms with Gasteiger partial charge in [-0.2, -0.15) is 5.10 Å². The summed E-state index contributed by atoms with van der Waals surface area (Å²) in [5.74, 6) is 0.445. The van der Waals surface area contributed by atoms with Crippen LogP contribution in [0, 0.1) is 0 Å². The number of rotatable bonds is 7. The molecule has 2 heterocycles. The zero-order valence-corrected chi connectivity index (χ0v) is 17.9. The van der Waals surface area contributed by atoms with E-state index in [4.69, 9.17) is 14.6 Å². The third-order valence-corrected chi connectivity index (χ3v) is 5.61. The largest absolute Gasteiger partial charge is 0.487 e. The summed E-state index contributed by atoms with van der Waals surface area (Å²) in [7, 11) is 0. The summed E-state index contributed by atoms with van der Waals surface area (Å²) >= 11 is 3.57. The number of carbonyl (C=O) groups is 1. The average molecular weight is 458 g/mol. The van der Waals surface area contributed by atoms with Crippen LogP contribution in [0.1, 0.15) is 30.6 Å². The van der Waals surface area contributed by atoms with Crippen molar-refractivity contribution in [2.24, 2.45) is 0 Å². The molecule has 1 saturated heterocycles. The lowest BCUT2D eigenvalue weighted by Crippen LogP contribution is -2.18. The minimum Gasteiger partial charge on any atom is -0.487 e. The molecule has 0 unspecified atom stereocenters. The lowest BCUT2D eigenvalue weighted by molar-refractivity contribution is -0.142. The van der Waals surface area contributed by atoms with Gasteiger partial charge in [0, 0.05) is 22.0 Å². The van der Waals surface area contributed by atoms with Crippen molar-refractivity contribution >= 4 is 32.8 Å². The van der Waals surface area contributed by atoms with E-state index in [1.165, 1.54) is 0 Å². The number of carbonyl (C=O) groups excluding carboxylic acids is 1. The summed E-state index contributed by atoms with van der Waals surface area (Å²) in [6.45, 7) is 4.46. The van der Waals surface area contributed by atoms with Crippen LogP contribution in [0.25, 0.3) is 10.9 Å². The van der Waals surface area contributed by atoms with E-state index in [0.29, 0.717) is 25.0 Å². The molecule has 0 bridgehead atoms. The van der Waals surface area contributed by atoms with Crippen LogP contribution in [0.5, 0.6) is 5.75 Å². The molecule has 6 nitrogen and oxygen atoms in total. The van der Waals surface area contributed by atoms with Gasteiger partial charge < -0.3 is 14.8 Å². The predicted molar refractivity (Wildman–Crippen MR) is 115 cm³/mol. The van der Waals surface area contributed by atoms with Crippen molar-refractivity contribution in [2.45, 2.75) is 32.4 Å². The first-order valence-electron chi connectivity index (χ1n) is 9.89. The number of nitrogens with zero attached hydrogens (tertiary/aromatic N) is 2. The van der Waals surface area contributed by atoms with Crippen LogP contribution in [-0.2, 0) is 22.6 Å². The van der Waals surface area contributed by atoms with Crippen LogP contribution < -0.4 is 10.1 Å². The van der Waals surface area contributed by atoms with Crippen molar-refractivity contribution in [2.75, 3.05) is 19.7 Å². The summed E-state index contributed by atoms with van der Waals surface area (Å²) < 4.78 is 14.4. The van der Waals surface area contributed by atoms with Gasteiger partial charge in [-0.3, -0.25) is 9.48 Å². The smallest absolute Gasteiger partial charge is 0.310 e. The quantitative estimate of drug-likeness (QED) is 0.542. The van der Waals surface area contributed by atoms with Crippen molar-refractivity contribution in [3.05, 3.63) is 58.2 Å². The van der Waals surface area contributed by atoms with E-state index in [1.54, 1.807) is 0 Å². The number of aromatic nitrogens is 2. The van der Waals surface area contributed by atoms with Gasteiger partial charge in [-0.1, -0.05) is 34.1 Å². The molecule has 0 aliphatic carbocycles. The molecule has 29 heavy (non-hydrogen) atoms. The molecule has 1 aliphatic heterocycles. The maximum atomic E-state index is 11.9. The Balaban J connectivity index is 1.62. The molecule has 7 heteroatoms. The number of nitrogens with one attached hydrogen (secondary N) is 1. The van der Waals surface area contributed by atoms with E-state index in [9.17, 15) is 4.79 Å². The first kappa shape index (κ1) is 19.9. The summed E-state index contributed by atoms with van der Waals surface area (Å²) in [6, 6.07) is 14.0. The van der Waals surface area contributed by atoms with Gasteiger partial charge in [0.15, 0.2) is 0 Å². The van der Waals surface area contributed by atoms with Crippen molar-refractivity contribution in [1.29, 1.82) is 0 Å². The van der Waals surface area contributed by atoms with Crippen LogP contribution in [0.2, 0.25) is 0 Å². The van der Waals surface area contributed by atoms with Gasteiger partial charge in [-0.15, -0.1) is 0 Å². The second-order valence-corrected chi connectivity index (χ2v) is 7.99. The minimum atomic E-state index is -0.250. The Morgan fingerprint density at radius 3 is 2.97 bits per heavy atom. The standard InChI is InChI=1S/C22H24BrN3O3/c1-2-28-22(27)11-15-5-3-4-6-21(15)29-14-20-18-12-16(23)7-8-19(18)25-26(20)17-9-10-24-13-17/h3-8,12,17,24H,2,9-11,13-14H2,1H3/t17-/m0/s1. The number of hydrogen-bond acceptors (Lipinski definition) is 5. The van der Waals surface area contributed by atoms with Gasteiger partial charge in [0.2, 0.25) is 0 Å². The maximum Gasteiger partial charge on any atom is 0.310 e. The van der Waals surface area contributed by atoms with Gasteiger partial charge in [0.25, 0.3) is 0 Å². The Morgan fingerprint density at radius 2 is 2.17 bits per heavy atom. The number of ether oxygens (including phenoxy) is 2. The zero-order valence-electron chi connectivity index (χ0n) is 16.4. The lowest BCUT2D eigenvalue weighted by Gasteiger charge is -2.16. The van der Waals surface area contributed by atoms with Crippen LogP contribution in [0.4, 0.5) is 0 Å². The van der Waals surface area contributed by atoms with Gasteiger partial charge >= 0.3 is 5.97 Å². The van der Waals surface area contributed by atoms with E-state index < -0.39 is 0 Å². The third kappa shape index (κ3) is 4.46. The van der Waals surface area contributed by atoms with E-state index in [1.807, 2.05) is 43.3 Å². The van der Waals surface area contributed by atoms with E-state index in [2.05, 4.69) is 32.0 Å². The Labute approximate surface area is 178 Å². The second-order valence-electron chi connectivity index (χ2n) is 7.08. The Kier molecular flexibility index (Phi) is 6.16.